The van der Waals surface area contributed by atoms with Crippen LogP contribution in [0.5, 0.6) is 0 Å². The molecule has 0 bridgehead atoms. The highest BCUT2D eigenvalue weighted by Gasteiger charge is 2.52. The zero-order valence-electron chi connectivity index (χ0n) is 14.7. The van der Waals surface area contributed by atoms with Gasteiger partial charge in [0.15, 0.2) is 0 Å². The van der Waals surface area contributed by atoms with E-state index in [4.69, 9.17) is 4.42 Å². The van der Waals surface area contributed by atoms with Crippen molar-refractivity contribution in [3.05, 3.63) is 34.6 Å². The molecule has 1 saturated heterocycles. The molecule has 4 nitrogen and oxygen atoms in total. The van der Waals surface area contributed by atoms with Gasteiger partial charge in [-0.05, 0) is 63.1 Å². The highest BCUT2D eigenvalue weighted by molar-refractivity contribution is 5.92. The molecule has 1 amide bonds. The number of benzene rings is 1. The maximum Gasteiger partial charge on any atom is 0.227 e. The average Bonchev–Trinajstić information content (AvgIpc) is 2.98. The van der Waals surface area contributed by atoms with Crippen LogP contribution in [0.15, 0.2) is 16.7 Å². The summed E-state index contributed by atoms with van der Waals surface area (Å²) < 4.78 is 5.79. The summed E-state index contributed by atoms with van der Waals surface area (Å²) in [7, 11) is 0. The smallest absolute Gasteiger partial charge is 0.227 e. The number of carbonyl (C=O) groups excluding carboxylic acids is 1. The van der Waals surface area contributed by atoms with Crippen LogP contribution in [-0.2, 0) is 11.2 Å². The Morgan fingerprint density at radius 2 is 2.08 bits per heavy atom. The number of furan rings is 1. The van der Waals surface area contributed by atoms with Crippen LogP contribution in [0.3, 0.4) is 0 Å². The molecule has 2 aromatic rings. The van der Waals surface area contributed by atoms with E-state index in [2.05, 4.69) is 26.8 Å². The molecule has 1 saturated carbocycles. The first-order valence-electron chi connectivity index (χ1n) is 8.89. The summed E-state index contributed by atoms with van der Waals surface area (Å²) in [5.41, 5.74) is 4.75. The number of rotatable bonds is 3. The van der Waals surface area contributed by atoms with E-state index in [1.54, 1.807) is 6.26 Å². The molecular weight excluding hydrogens is 302 g/mol. The maximum atomic E-state index is 12.9. The molecule has 128 valence electrons. The van der Waals surface area contributed by atoms with E-state index < -0.39 is 5.60 Å². The molecule has 1 unspecified atom stereocenters. The maximum absolute atomic E-state index is 12.9. The monoisotopic (exact) mass is 327 g/mol. The van der Waals surface area contributed by atoms with E-state index in [-0.39, 0.29) is 11.9 Å². The molecule has 4 rings (SSSR count). The van der Waals surface area contributed by atoms with Crippen LogP contribution >= 0.6 is 0 Å². The van der Waals surface area contributed by atoms with Crippen LogP contribution in [-0.4, -0.2) is 34.1 Å². The number of nitrogens with zero attached hydrogens (tertiary/aromatic N) is 1. The van der Waals surface area contributed by atoms with Crippen molar-refractivity contribution in [3.8, 4) is 0 Å². The van der Waals surface area contributed by atoms with Gasteiger partial charge in [-0.15, -0.1) is 0 Å². The molecule has 2 heterocycles. The Bertz CT molecular complexity index is 816. The summed E-state index contributed by atoms with van der Waals surface area (Å²) in [4.78, 5) is 14.8. The Balaban J connectivity index is 1.63. The first kappa shape index (κ1) is 15.7. The predicted octanol–water partition coefficient (Wildman–Crippen LogP) is 3.42. The minimum atomic E-state index is -0.617. The third kappa shape index (κ3) is 2.35. The molecule has 2 fully saturated rings. The normalized spacial score (nSPS) is 22.3. The van der Waals surface area contributed by atoms with Crippen molar-refractivity contribution < 1.29 is 14.3 Å². The Morgan fingerprint density at radius 3 is 2.79 bits per heavy atom. The quantitative estimate of drug-likeness (QED) is 0.940. The van der Waals surface area contributed by atoms with Gasteiger partial charge < -0.3 is 14.4 Å². The van der Waals surface area contributed by atoms with E-state index in [1.165, 1.54) is 5.56 Å². The number of amides is 1. The first-order valence-corrected chi connectivity index (χ1v) is 8.89. The summed E-state index contributed by atoms with van der Waals surface area (Å²) in [5, 5.41) is 11.5. The third-order valence-corrected chi connectivity index (χ3v) is 5.92. The van der Waals surface area contributed by atoms with Gasteiger partial charge >= 0.3 is 0 Å². The lowest BCUT2D eigenvalue weighted by Crippen LogP contribution is -2.44. The molecule has 4 heteroatoms. The van der Waals surface area contributed by atoms with Crippen molar-refractivity contribution in [1.82, 2.24) is 4.90 Å². The van der Waals surface area contributed by atoms with Gasteiger partial charge in [0, 0.05) is 17.5 Å². The van der Waals surface area contributed by atoms with Gasteiger partial charge in [0.25, 0.3) is 0 Å². The fourth-order valence-electron chi connectivity index (χ4n) is 4.27. The van der Waals surface area contributed by atoms with Gasteiger partial charge in [0.1, 0.15) is 5.58 Å². The van der Waals surface area contributed by atoms with Gasteiger partial charge in [0.2, 0.25) is 5.91 Å². The molecule has 24 heavy (non-hydrogen) atoms. The van der Waals surface area contributed by atoms with Gasteiger partial charge in [-0.3, -0.25) is 4.79 Å². The third-order valence-electron chi connectivity index (χ3n) is 5.92. The molecule has 0 spiro atoms. The number of carbonyl (C=O) groups is 1. The fourth-order valence-corrected chi connectivity index (χ4v) is 4.27. The zero-order valence-corrected chi connectivity index (χ0v) is 14.7. The molecule has 1 aliphatic heterocycles. The Morgan fingerprint density at radius 1 is 1.33 bits per heavy atom. The van der Waals surface area contributed by atoms with E-state index in [0.717, 1.165) is 59.9 Å². The standard InChI is InChI=1S/C20H25NO3/c1-12-9-13(2)18-15(11-24-19(18)14(12)3)10-17(22)21-8-4-5-16(21)20(23)6-7-20/h9,11,16,23H,4-8,10H2,1-3H3. The number of likely N-dealkylation sites (tertiary alicyclic amines) is 1. The van der Waals surface area contributed by atoms with Crippen LogP contribution < -0.4 is 0 Å². The van der Waals surface area contributed by atoms with Gasteiger partial charge in [0.05, 0.1) is 24.3 Å². The highest BCUT2D eigenvalue weighted by atomic mass is 16.3. The summed E-state index contributed by atoms with van der Waals surface area (Å²) in [5.74, 6) is 0.109. The number of fused-ring (bicyclic) bond motifs is 1. The van der Waals surface area contributed by atoms with Crippen molar-refractivity contribution in [2.24, 2.45) is 0 Å². The zero-order chi connectivity index (χ0) is 17.1. The van der Waals surface area contributed by atoms with Crippen LogP contribution in [0, 0.1) is 20.8 Å². The lowest BCUT2D eigenvalue weighted by atomic mass is 9.98. The molecule has 1 aromatic heterocycles. The van der Waals surface area contributed by atoms with E-state index in [0.29, 0.717) is 6.42 Å². The van der Waals surface area contributed by atoms with Gasteiger partial charge in [-0.25, -0.2) is 0 Å². The molecule has 0 radical (unpaired) electrons. The van der Waals surface area contributed by atoms with E-state index in [1.807, 2.05) is 4.90 Å². The SMILES string of the molecule is Cc1cc(C)c2c(CC(=O)N3CCCC3C3(O)CC3)coc2c1C. The average molecular weight is 327 g/mol. The second-order valence-corrected chi connectivity index (χ2v) is 7.63. The number of aryl methyl sites for hydroxylation is 3. The molecule has 2 aliphatic rings. The molecule has 1 aliphatic carbocycles. The first-order chi connectivity index (χ1) is 11.4. The number of hydrogen-bond acceptors (Lipinski definition) is 3. The summed E-state index contributed by atoms with van der Waals surface area (Å²) in [6, 6.07) is 2.17. The minimum absolute atomic E-state index is 0.00763. The molecule has 1 atom stereocenters. The van der Waals surface area contributed by atoms with E-state index in [9.17, 15) is 9.90 Å². The largest absolute Gasteiger partial charge is 0.464 e. The Labute approximate surface area is 142 Å². The van der Waals surface area contributed by atoms with Crippen molar-refractivity contribution in [2.75, 3.05) is 6.54 Å². The van der Waals surface area contributed by atoms with Crippen molar-refractivity contribution in [1.29, 1.82) is 0 Å². The minimum Gasteiger partial charge on any atom is -0.464 e. The van der Waals surface area contributed by atoms with Crippen LogP contribution in [0.25, 0.3) is 11.0 Å². The van der Waals surface area contributed by atoms with Gasteiger partial charge in [-0.2, -0.15) is 0 Å². The highest BCUT2D eigenvalue weighted by Crippen LogP contribution is 2.44. The molecule has 1 aromatic carbocycles. The number of aliphatic hydroxyl groups is 1. The topological polar surface area (TPSA) is 53.7 Å². The fraction of sp³-hybridized carbons (Fsp3) is 0.550. The Hall–Kier alpha value is -1.81. The lowest BCUT2D eigenvalue weighted by molar-refractivity contribution is -0.134. The number of hydrogen-bond donors (Lipinski definition) is 1. The summed E-state index contributed by atoms with van der Waals surface area (Å²) in [6.45, 7) is 6.98. The lowest BCUT2D eigenvalue weighted by Gasteiger charge is -2.28. The summed E-state index contributed by atoms with van der Waals surface area (Å²) in [6.07, 6.45) is 5.65. The van der Waals surface area contributed by atoms with Crippen molar-refractivity contribution >= 4 is 16.9 Å². The predicted molar refractivity (Wildman–Crippen MR) is 93.0 cm³/mol. The van der Waals surface area contributed by atoms with Crippen molar-refractivity contribution in [2.45, 2.75) is 64.5 Å². The Kier molecular flexibility index (Phi) is 3.50. The van der Waals surface area contributed by atoms with Crippen LogP contribution in [0.1, 0.15) is 47.9 Å². The molecular formula is C20H25NO3. The van der Waals surface area contributed by atoms with Crippen molar-refractivity contribution in [3.63, 3.8) is 0 Å². The summed E-state index contributed by atoms with van der Waals surface area (Å²) >= 11 is 0. The second kappa shape index (κ2) is 5.35. The van der Waals surface area contributed by atoms with Crippen LogP contribution in [0.4, 0.5) is 0 Å². The van der Waals surface area contributed by atoms with Crippen LogP contribution in [0.2, 0.25) is 0 Å². The molecule has 1 N–H and O–H groups in total. The second-order valence-electron chi connectivity index (χ2n) is 7.63. The van der Waals surface area contributed by atoms with E-state index >= 15 is 0 Å². The van der Waals surface area contributed by atoms with Gasteiger partial charge in [-0.1, -0.05) is 6.07 Å².